The topological polar surface area (TPSA) is 3.24 Å². The smallest absolute Gasteiger partial charge is 0.133 e. The second-order valence-corrected chi connectivity index (χ2v) is 5.13. The van der Waals surface area contributed by atoms with Crippen LogP contribution in [0.1, 0.15) is 26.7 Å². The largest absolute Gasteiger partial charge is 0.357 e. The molecule has 0 amide bonds. The second-order valence-electron chi connectivity index (χ2n) is 4.01. The fraction of sp³-hybridized carbons (Fsp3) is 0.889. The van der Waals surface area contributed by atoms with Gasteiger partial charge in [-0.05, 0) is 24.7 Å². The quantitative estimate of drug-likeness (QED) is 0.543. The van der Waals surface area contributed by atoms with E-state index in [1.807, 2.05) is 0 Å². The SMILES string of the molecule is CC(C)CC1CCN(C(=S)S)C1. The average molecular weight is 203 g/mol. The first kappa shape index (κ1) is 10.3. The van der Waals surface area contributed by atoms with Crippen molar-refractivity contribution in [3.63, 3.8) is 0 Å². The van der Waals surface area contributed by atoms with E-state index >= 15 is 0 Å². The molecule has 1 unspecified atom stereocenters. The maximum absolute atomic E-state index is 5.01. The van der Waals surface area contributed by atoms with Crippen molar-refractivity contribution in [1.29, 1.82) is 0 Å². The first-order valence-electron chi connectivity index (χ1n) is 4.57. The zero-order valence-electron chi connectivity index (χ0n) is 7.79. The van der Waals surface area contributed by atoms with Crippen LogP contribution in [0.2, 0.25) is 0 Å². The van der Waals surface area contributed by atoms with Crippen molar-refractivity contribution in [1.82, 2.24) is 4.90 Å². The van der Waals surface area contributed by atoms with Crippen LogP contribution in [0.4, 0.5) is 0 Å². The number of hydrogen-bond acceptors (Lipinski definition) is 1. The summed E-state index contributed by atoms with van der Waals surface area (Å²) in [5.74, 6) is 1.65. The molecule has 1 fully saturated rings. The summed E-state index contributed by atoms with van der Waals surface area (Å²) in [6.07, 6.45) is 2.62. The van der Waals surface area contributed by atoms with Crippen molar-refractivity contribution in [2.24, 2.45) is 11.8 Å². The predicted octanol–water partition coefficient (Wildman–Crippen LogP) is 2.57. The van der Waals surface area contributed by atoms with Crippen LogP contribution in [-0.4, -0.2) is 22.3 Å². The third-order valence-electron chi connectivity index (χ3n) is 2.36. The Balaban J connectivity index is 2.30. The van der Waals surface area contributed by atoms with E-state index in [2.05, 4.69) is 31.4 Å². The first-order valence-corrected chi connectivity index (χ1v) is 5.43. The zero-order valence-corrected chi connectivity index (χ0v) is 9.50. The van der Waals surface area contributed by atoms with Gasteiger partial charge in [0.15, 0.2) is 0 Å². The van der Waals surface area contributed by atoms with Crippen molar-refractivity contribution in [2.45, 2.75) is 26.7 Å². The molecule has 1 aliphatic heterocycles. The fourth-order valence-corrected chi connectivity index (χ4v) is 2.21. The van der Waals surface area contributed by atoms with Crippen LogP contribution in [0.3, 0.4) is 0 Å². The average Bonchev–Trinajstić information content (AvgIpc) is 2.34. The maximum atomic E-state index is 5.01. The molecule has 1 rings (SSSR count). The normalized spacial score (nSPS) is 23.7. The van der Waals surface area contributed by atoms with Gasteiger partial charge in [-0.25, -0.2) is 0 Å². The molecule has 0 aromatic carbocycles. The van der Waals surface area contributed by atoms with Crippen molar-refractivity contribution >= 4 is 29.2 Å². The molecule has 0 aromatic heterocycles. The minimum absolute atomic E-state index is 0.765. The molecule has 3 heteroatoms. The molecular weight excluding hydrogens is 186 g/mol. The van der Waals surface area contributed by atoms with Gasteiger partial charge >= 0.3 is 0 Å². The Morgan fingerprint density at radius 3 is 2.75 bits per heavy atom. The van der Waals surface area contributed by atoms with E-state index in [-0.39, 0.29) is 0 Å². The Morgan fingerprint density at radius 2 is 2.33 bits per heavy atom. The second kappa shape index (κ2) is 4.47. The summed E-state index contributed by atoms with van der Waals surface area (Å²) < 4.78 is 0.765. The highest BCUT2D eigenvalue weighted by Crippen LogP contribution is 2.23. The molecule has 0 radical (unpaired) electrons. The highest BCUT2D eigenvalue weighted by molar-refractivity contribution is 8.10. The summed E-state index contributed by atoms with van der Waals surface area (Å²) in [6.45, 7) is 6.80. The lowest BCUT2D eigenvalue weighted by Crippen LogP contribution is -2.23. The maximum Gasteiger partial charge on any atom is 0.133 e. The minimum atomic E-state index is 0.765. The number of thiocarbonyl (C=S) groups is 1. The molecule has 1 heterocycles. The van der Waals surface area contributed by atoms with Crippen molar-refractivity contribution in [3.05, 3.63) is 0 Å². The molecule has 0 spiro atoms. The Labute approximate surface area is 85.9 Å². The molecule has 1 nitrogen and oxygen atoms in total. The Morgan fingerprint density at radius 1 is 1.67 bits per heavy atom. The van der Waals surface area contributed by atoms with Gasteiger partial charge in [0.2, 0.25) is 0 Å². The first-order chi connectivity index (χ1) is 5.59. The predicted molar refractivity (Wildman–Crippen MR) is 60.7 cm³/mol. The Hall–Kier alpha value is 0.240. The van der Waals surface area contributed by atoms with E-state index in [1.54, 1.807) is 0 Å². The molecule has 70 valence electrons. The minimum Gasteiger partial charge on any atom is -0.357 e. The van der Waals surface area contributed by atoms with Gasteiger partial charge in [0.25, 0.3) is 0 Å². The van der Waals surface area contributed by atoms with Gasteiger partial charge < -0.3 is 4.90 Å². The number of likely N-dealkylation sites (tertiary alicyclic amines) is 1. The Bertz CT molecular complexity index is 168. The van der Waals surface area contributed by atoms with Gasteiger partial charge in [-0.1, -0.05) is 26.1 Å². The molecule has 1 aliphatic rings. The van der Waals surface area contributed by atoms with Gasteiger partial charge in [-0.2, -0.15) is 0 Å². The fourth-order valence-electron chi connectivity index (χ4n) is 1.87. The lowest BCUT2D eigenvalue weighted by atomic mass is 9.97. The number of thiol groups is 1. The third-order valence-corrected chi connectivity index (χ3v) is 2.90. The number of hydrogen-bond donors (Lipinski definition) is 1. The monoisotopic (exact) mass is 203 g/mol. The van der Waals surface area contributed by atoms with Gasteiger partial charge in [0.05, 0.1) is 0 Å². The summed E-state index contributed by atoms with van der Waals surface area (Å²) in [4.78, 5) is 2.20. The van der Waals surface area contributed by atoms with E-state index in [1.165, 1.54) is 12.8 Å². The molecule has 0 aromatic rings. The van der Waals surface area contributed by atoms with Crippen LogP contribution in [-0.2, 0) is 0 Å². The van der Waals surface area contributed by atoms with Crippen molar-refractivity contribution in [2.75, 3.05) is 13.1 Å². The third kappa shape index (κ3) is 2.94. The van der Waals surface area contributed by atoms with Crippen molar-refractivity contribution in [3.8, 4) is 0 Å². The summed E-state index contributed by atoms with van der Waals surface area (Å²) >= 11 is 9.19. The van der Waals surface area contributed by atoms with Crippen LogP contribution >= 0.6 is 24.8 Å². The molecule has 0 bridgehead atoms. The van der Waals surface area contributed by atoms with E-state index in [0.717, 1.165) is 29.2 Å². The van der Waals surface area contributed by atoms with Gasteiger partial charge in [0.1, 0.15) is 4.32 Å². The highest BCUT2D eigenvalue weighted by atomic mass is 32.1. The van der Waals surface area contributed by atoms with E-state index in [9.17, 15) is 0 Å². The molecule has 12 heavy (non-hydrogen) atoms. The molecule has 0 saturated carbocycles. The summed E-state index contributed by atoms with van der Waals surface area (Å²) in [6, 6.07) is 0. The molecule has 0 N–H and O–H groups in total. The number of nitrogens with zero attached hydrogens (tertiary/aromatic N) is 1. The highest BCUT2D eigenvalue weighted by Gasteiger charge is 2.23. The zero-order chi connectivity index (χ0) is 9.14. The molecule has 1 atom stereocenters. The molecule has 0 aliphatic carbocycles. The molecule has 1 saturated heterocycles. The van der Waals surface area contributed by atoms with Crippen LogP contribution in [0.5, 0.6) is 0 Å². The lowest BCUT2D eigenvalue weighted by molar-refractivity contribution is 0.413. The van der Waals surface area contributed by atoms with Gasteiger partial charge in [-0.15, -0.1) is 12.6 Å². The van der Waals surface area contributed by atoms with Crippen molar-refractivity contribution < 1.29 is 0 Å². The van der Waals surface area contributed by atoms with Gasteiger partial charge in [-0.3, -0.25) is 0 Å². The number of rotatable bonds is 2. The lowest BCUT2D eigenvalue weighted by Gasteiger charge is -2.16. The van der Waals surface area contributed by atoms with Crippen LogP contribution < -0.4 is 0 Å². The van der Waals surface area contributed by atoms with E-state index in [0.29, 0.717) is 0 Å². The Kier molecular flexibility index (Phi) is 3.84. The van der Waals surface area contributed by atoms with Gasteiger partial charge in [0, 0.05) is 13.1 Å². The standard InChI is InChI=1S/C9H17NS2/c1-7(2)5-8-3-4-10(6-8)9(11)12/h7-8H,3-6H2,1-2H3,(H,11,12). The summed E-state index contributed by atoms with van der Waals surface area (Å²) in [7, 11) is 0. The summed E-state index contributed by atoms with van der Waals surface area (Å²) in [5, 5.41) is 0. The van der Waals surface area contributed by atoms with Crippen LogP contribution in [0.15, 0.2) is 0 Å². The summed E-state index contributed by atoms with van der Waals surface area (Å²) in [5.41, 5.74) is 0. The van der Waals surface area contributed by atoms with E-state index < -0.39 is 0 Å². The van der Waals surface area contributed by atoms with E-state index in [4.69, 9.17) is 12.2 Å². The van der Waals surface area contributed by atoms with Crippen LogP contribution in [0, 0.1) is 11.8 Å². The van der Waals surface area contributed by atoms with Crippen LogP contribution in [0.25, 0.3) is 0 Å². The molecular formula is C9H17NS2.